The van der Waals surface area contributed by atoms with E-state index in [0.29, 0.717) is 12.1 Å². The maximum Gasteiger partial charge on any atom is 0.254 e. The molecule has 2 unspecified atom stereocenters. The van der Waals surface area contributed by atoms with Gasteiger partial charge in [0.25, 0.3) is 5.91 Å². The zero-order valence-corrected chi connectivity index (χ0v) is 26.7. The Morgan fingerprint density at radius 2 is 1.40 bits per heavy atom. The van der Waals surface area contributed by atoms with E-state index in [1.54, 1.807) is 12.7 Å². The Morgan fingerprint density at radius 3 is 2.02 bits per heavy atom. The lowest BCUT2D eigenvalue weighted by molar-refractivity contribution is -0.0111. The molecule has 3 saturated heterocycles. The molecule has 3 aliphatic heterocycles. The van der Waals surface area contributed by atoms with Crippen LogP contribution < -0.4 is 4.74 Å². The average Bonchev–Trinajstić information content (AvgIpc) is 3.23. The predicted octanol–water partition coefficient (Wildman–Crippen LogP) is 8.55. The van der Waals surface area contributed by atoms with Crippen molar-refractivity contribution in [3.8, 4) is 5.75 Å². The van der Waals surface area contributed by atoms with Crippen LogP contribution in [0.15, 0.2) is 84.4 Å². The van der Waals surface area contributed by atoms with E-state index in [9.17, 15) is 4.79 Å². The van der Waals surface area contributed by atoms with Crippen LogP contribution in [0.5, 0.6) is 5.75 Å². The Balaban J connectivity index is 1.26. The van der Waals surface area contributed by atoms with Gasteiger partial charge < -0.3 is 9.64 Å². The Hall–Kier alpha value is -3.37. The predicted molar refractivity (Wildman–Crippen MR) is 177 cm³/mol. The minimum Gasteiger partial charge on any atom is -0.497 e. The van der Waals surface area contributed by atoms with Crippen molar-refractivity contribution in [3.63, 3.8) is 0 Å². The number of nitrogens with zero attached hydrogens (tertiary/aromatic N) is 2. The number of methoxy groups -OCH3 is 1. The quantitative estimate of drug-likeness (QED) is 0.283. The average molecular weight is 577 g/mol. The van der Waals surface area contributed by atoms with Crippen LogP contribution >= 0.6 is 0 Å². The SMILES string of the molecule is COc1cccc(CCN2C3CCC2CC(=C(c2ccccc2)c2ccc(C(=O)N4C(C)(C)CCCC4(C)C)cc2)C3)c1. The molecule has 3 aromatic carbocycles. The fraction of sp³-hybridized carbons (Fsp3) is 0.462. The van der Waals surface area contributed by atoms with Gasteiger partial charge in [0.05, 0.1) is 7.11 Å². The third-order valence-electron chi connectivity index (χ3n) is 10.4. The van der Waals surface area contributed by atoms with E-state index in [-0.39, 0.29) is 17.0 Å². The molecule has 3 heterocycles. The highest BCUT2D eigenvalue weighted by Crippen LogP contribution is 2.43. The maximum atomic E-state index is 13.9. The van der Waals surface area contributed by atoms with E-state index in [4.69, 9.17) is 4.74 Å². The van der Waals surface area contributed by atoms with Crippen molar-refractivity contribution in [1.82, 2.24) is 9.80 Å². The number of hydrogen-bond acceptors (Lipinski definition) is 3. The molecule has 4 nitrogen and oxygen atoms in total. The van der Waals surface area contributed by atoms with Crippen molar-refractivity contribution in [3.05, 3.63) is 107 Å². The third-order valence-corrected chi connectivity index (χ3v) is 10.4. The van der Waals surface area contributed by atoms with Crippen LogP contribution in [0.25, 0.3) is 5.57 Å². The summed E-state index contributed by atoms with van der Waals surface area (Å²) in [5.41, 5.74) is 7.27. The molecule has 3 aliphatic rings. The van der Waals surface area contributed by atoms with Crippen LogP contribution in [-0.4, -0.2) is 52.5 Å². The molecule has 0 N–H and O–H groups in total. The van der Waals surface area contributed by atoms with Crippen LogP contribution in [-0.2, 0) is 6.42 Å². The van der Waals surface area contributed by atoms with Gasteiger partial charge in [0.15, 0.2) is 0 Å². The van der Waals surface area contributed by atoms with Crippen LogP contribution in [0.2, 0.25) is 0 Å². The fourth-order valence-corrected chi connectivity index (χ4v) is 8.40. The van der Waals surface area contributed by atoms with Gasteiger partial charge in [0.1, 0.15) is 5.75 Å². The molecular formula is C39H48N2O2. The molecule has 0 spiro atoms. The number of benzene rings is 3. The summed E-state index contributed by atoms with van der Waals surface area (Å²) in [4.78, 5) is 18.8. The maximum absolute atomic E-state index is 13.9. The van der Waals surface area contributed by atoms with Gasteiger partial charge in [-0.05, 0) is 126 Å². The molecule has 43 heavy (non-hydrogen) atoms. The monoisotopic (exact) mass is 576 g/mol. The zero-order valence-electron chi connectivity index (χ0n) is 26.7. The Morgan fingerprint density at radius 1 is 0.791 bits per heavy atom. The molecule has 0 saturated carbocycles. The van der Waals surface area contributed by atoms with Gasteiger partial charge in [0.2, 0.25) is 0 Å². The van der Waals surface area contributed by atoms with Crippen LogP contribution in [0.4, 0.5) is 0 Å². The summed E-state index contributed by atoms with van der Waals surface area (Å²) >= 11 is 0. The first-order valence-electron chi connectivity index (χ1n) is 16.3. The van der Waals surface area contributed by atoms with Crippen LogP contribution in [0, 0.1) is 0 Å². The summed E-state index contributed by atoms with van der Waals surface area (Å²) in [7, 11) is 1.74. The first-order valence-corrected chi connectivity index (χ1v) is 16.3. The van der Waals surface area contributed by atoms with E-state index in [0.717, 1.165) is 56.4 Å². The second-order valence-corrected chi connectivity index (χ2v) is 14.2. The number of ether oxygens (including phenoxy) is 1. The molecule has 0 radical (unpaired) electrons. The molecule has 226 valence electrons. The smallest absolute Gasteiger partial charge is 0.254 e. The van der Waals surface area contributed by atoms with Crippen molar-refractivity contribution in [2.45, 2.75) is 102 Å². The highest BCUT2D eigenvalue weighted by molar-refractivity contribution is 5.96. The van der Waals surface area contributed by atoms with Gasteiger partial charge in [0, 0.05) is 35.3 Å². The van der Waals surface area contributed by atoms with Crippen molar-refractivity contribution in [1.29, 1.82) is 0 Å². The second kappa shape index (κ2) is 12.0. The van der Waals surface area contributed by atoms with Gasteiger partial charge in [-0.3, -0.25) is 9.69 Å². The van der Waals surface area contributed by atoms with Crippen LogP contribution in [0.3, 0.4) is 0 Å². The largest absolute Gasteiger partial charge is 0.497 e. The molecular weight excluding hydrogens is 528 g/mol. The minimum atomic E-state index is -0.144. The molecule has 4 heteroatoms. The van der Waals surface area contributed by atoms with Crippen molar-refractivity contribution in [2.24, 2.45) is 0 Å². The van der Waals surface area contributed by atoms with Crippen molar-refractivity contribution < 1.29 is 9.53 Å². The number of carbonyl (C=O) groups is 1. The summed E-state index contributed by atoms with van der Waals surface area (Å²) in [6.45, 7) is 9.96. The highest BCUT2D eigenvalue weighted by Gasteiger charge is 2.44. The number of amides is 1. The van der Waals surface area contributed by atoms with Crippen molar-refractivity contribution >= 4 is 11.5 Å². The fourth-order valence-electron chi connectivity index (χ4n) is 8.40. The lowest BCUT2D eigenvalue weighted by Gasteiger charge is -2.53. The zero-order chi connectivity index (χ0) is 30.2. The summed E-state index contributed by atoms with van der Waals surface area (Å²) in [6.07, 6.45) is 9.05. The topological polar surface area (TPSA) is 32.8 Å². The number of fused-ring (bicyclic) bond motifs is 2. The summed E-state index contributed by atoms with van der Waals surface area (Å²) in [5, 5.41) is 0. The van der Waals surface area contributed by atoms with E-state index >= 15 is 0 Å². The number of carbonyl (C=O) groups excluding carboxylic acids is 1. The van der Waals surface area contributed by atoms with Gasteiger partial charge in [-0.1, -0.05) is 60.2 Å². The van der Waals surface area contributed by atoms with E-state index < -0.39 is 0 Å². The molecule has 3 aromatic rings. The standard InChI is InChI=1S/C39H48N2O2/c1-38(2)22-10-23-39(3,4)41(38)37(42)31-17-15-30(16-18-31)36(29-12-7-6-8-13-29)32-26-33-19-20-34(27-32)40(33)24-21-28-11-9-14-35(25-28)43-5/h6-9,11-18,25,33-34H,10,19-24,26-27H2,1-5H3. The number of hydrogen-bond donors (Lipinski definition) is 0. The number of piperidine rings is 2. The molecule has 1 amide bonds. The highest BCUT2D eigenvalue weighted by atomic mass is 16.5. The molecule has 2 bridgehead atoms. The molecule has 2 atom stereocenters. The Kier molecular flexibility index (Phi) is 8.26. The van der Waals surface area contributed by atoms with Crippen LogP contribution in [0.1, 0.15) is 99.7 Å². The van der Waals surface area contributed by atoms with E-state index in [2.05, 4.69) is 110 Å². The first kappa shape index (κ1) is 29.7. The van der Waals surface area contributed by atoms with E-state index in [1.807, 2.05) is 6.07 Å². The van der Waals surface area contributed by atoms with Gasteiger partial charge in [-0.25, -0.2) is 0 Å². The summed E-state index contributed by atoms with van der Waals surface area (Å²) in [5.74, 6) is 1.09. The summed E-state index contributed by atoms with van der Waals surface area (Å²) in [6, 6.07) is 29.1. The number of likely N-dealkylation sites (tertiary alicyclic amines) is 1. The lowest BCUT2D eigenvalue weighted by atomic mass is 9.79. The summed E-state index contributed by atoms with van der Waals surface area (Å²) < 4.78 is 5.45. The van der Waals surface area contributed by atoms with Gasteiger partial charge in [-0.2, -0.15) is 0 Å². The van der Waals surface area contributed by atoms with Gasteiger partial charge >= 0.3 is 0 Å². The van der Waals surface area contributed by atoms with E-state index in [1.165, 1.54) is 35.1 Å². The molecule has 0 aliphatic carbocycles. The van der Waals surface area contributed by atoms with Crippen molar-refractivity contribution in [2.75, 3.05) is 13.7 Å². The minimum absolute atomic E-state index is 0.144. The van der Waals surface area contributed by atoms with Gasteiger partial charge in [-0.15, -0.1) is 0 Å². The first-order chi connectivity index (χ1) is 20.7. The second-order valence-electron chi connectivity index (χ2n) is 14.2. The number of rotatable bonds is 7. The normalized spacial score (nSPS) is 22.8. The molecule has 0 aromatic heterocycles. The molecule has 6 rings (SSSR count). The Labute approximate surface area is 258 Å². The molecule has 3 fully saturated rings. The third kappa shape index (κ3) is 6.04. The lowest BCUT2D eigenvalue weighted by Crippen LogP contribution is -2.60. The Bertz CT molecular complexity index is 1440.